The second-order valence-electron chi connectivity index (χ2n) is 11.1. The maximum Gasteiger partial charge on any atom is 0.349 e. The monoisotopic (exact) mass is 600 g/mol. The summed E-state index contributed by atoms with van der Waals surface area (Å²) >= 11 is 0. The van der Waals surface area contributed by atoms with Crippen LogP contribution in [0.1, 0.15) is 26.3 Å². The summed E-state index contributed by atoms with van der Waals surface area (Å²) in [6, 6.07) is 10.4. The van der Waals surface area contributed by atoms with Crippen molar-refractivity contribution in [3.8, 4) is 11.5 Å². The number of amides is 2. The maximum absolute atomic E-state index is 13.0. The zero-order chi connectivity index (χ0) is 31.7. The number of nitrogens with two attached hydrogens (primary N) is 1. The van der Waals surface area contributed by atoms with Crippen LogP contribution in [0, 0.1) is 10.1 Å². The number of aliphatic hydroxyl groups is 3. The average Bonchev–Trinajstić information content (AvgIpc) is 3.22. The molecule has 1 fully saturated rings. The van der Waals surface area contributed by atoms with E-state index in [1.807, 2.05) is 12.1 Å². The van der Waals surface area contributed by atoms with Crippen molar-refractivity contribution in [2.45, 2.75) is 55.9 Å². The van der Waals surface area contributed by atoms with Gasteiger partial charge in [-0.05, 0) is 41.3 Å². The number of nitrogens with zero attached hydrogens (tertiary/aromatic N) is 2. The van der Waals surface area contributed by atoms with E-state index in [1.165, 1.54) is 0 Å². The first-order chi connectivity index (χ1) is 20.1. The average molecular weight is 601 g/mol. The van der Waals surface area contributed by atoms with E-state index in [1.54, 1.807) is 12.1 Å². The van der Waals surface area contributed by atoms with E-state index in [4.69, 9.17) is 19.9 Å². The fraction of sp³-hybridized carbons (Fsp3) is 0.393. The van der Waals surface area contributed by atoms with Crippen molar-refractivity contribution in [1.82, 2.24) is 10.2 Å². The topological polar surface area (TPSA) is 224 Å². The third kappa shape index (κ3) is 6.21. The number of esters is 1. The summed E-state index contributed by atoms with van der Waals surface area (Å²) in [6.45, 7) is 4.71. The SMILES string of the molecule is CC(C)(C)c1ccc(OCC(=O)C2(N)C=CN([C@@H]3O[C@H](CO)[C@](O)(C(=O)Oc4ccc([N+](=O)[O-])cc4)[C@H]3O)C(=O)N2)cc1. The Morgan fingerprint density at radius 3 is 2.28 bits per heavy atom. The number of ether oxygens (including phenoxy) is 3. The predicted molar refractivity (Wildman–Crippen MR) is 148 cm³/mol. The van der Waals surface area contributed by atoms with Crippen LogP contribution in [0.3, 0.4) is 0 Å². The summed E-state index contributed by atoms with van der Waals surface area (Å²) in [6.07, 6.45) is -3.47. The zero-order valence-electron chi connectivity index (χ0n) is 23.5. The number of Topliss-reactive ketones (excluding diaryl/α,β-unsaturated/α-hetero) is 1. The summed E-state index contributed by atoms with van der Waals surface area (Å²) in [4.78, 5) is 49.7. The number of urea groups is 1. The number of aliphatic hydroxyl groups excluding tert-OH is 2. The van der Waals surface area contributed by atoms with Crippen molar-refractivity contribution in [2.75, 3.05) is 13.2 Å². The summed E-state index contributed by atoms with van der Waals surface area (Å²) in [5.74, 6) is -1.95. The molecule has 2 heterocycles. The van der Waals surface area contributed by atoms with Gasteiger partial charge in [-0.3, -0.25) is 25.5 Å². The largest absolute Gasteiger partial charge is 0.486 e. The minimum absolute atomic E-state index is 0.0737. The molecule has 6 N–H and O–H groups in total. The van der Waals surface area contributed by atoms with E-state index in [9.17, 15) is 39.8 Å². The van der Waals surface area contributed by atoms with Gasteiger partial charge >= 0.3 is 12.0 Å². The maximum atomic E-state index is 13.0. The number of hydrogen-bond donors (Lipinski definition) is 5. The number of nitro benzene ring substituents is 1. The van der Waals surface area contributed by atoms with Gasteiger partial charge in [-0.1, -0.05) is 32.9 Å². The molecule has 2 aliphatic heterocycles. The Labute approximate surface area is 245 Å². The second-order valence-corrected chi connectivity index (χ2v) is 11.1. The van der Waals surface area contributed by atoms with Crippen LogP contribution in [0.2, 0.25) is 0 Å². The van der Waals surface area contributed by atoms with Crippen LogP contribution in [0.5, 0.6) is 11.5 Å². The van der Waals surface area contributed by atoms with Crippen LogP contribution < -0.4 is 20.5 Å². The molecule has 15 nitrogen and oxygen atoms in total. The molecule has 43 heavy (non-hydrogen) atoms. The summed E-state index contributed by atoms with van der Waals surface area (Å²) in [5.41, 5.74) is 1.97. The van der Waals surface area contributed by atoms with Crippen LogP contribution in [-0.2, 0) is 19.7 Å². The molecule has 0 spiro atoms. The van der Waals surface area contributed by atoms with Gasteiger partial charge in [0.2, 0.25) is 11.4 Å². The lowest BCUT2D eigenvalue weighted by Crippen LogP contribution is -2.67. The van der Waals surface area contributed by atoms with Gasteiger partial charge in [0.1, 0.15) is 23.7 Å². The lowest BCUT2D eigenvalue weighted by molar-refractivity contribution is -0.384. The second kappa shape index (κ2) is 11.7. The highest BCUT2D eigenvalue weighted by Crippen LogP contribution is 2.36. The molecule has 2 aliphatic rings. The molecule has 4 rings (SSSR count). The van der Waals surface area contributed by atoms with Crippen LogP contribution in [0.4, 0.5) is 10.5 Å². The Balaban J connectivity index is 1.44. The number of non-ortho nitro benzene ring substituents is 1. The number of carbonyl (C=O) groups is 3. The third-order valence-corrected chi connectivity index (χ3v) is 7.14. The van der Waals surface area contributed by atoms with E-state index in [0.717, 1.165) is 47.0 Å². The molecule has 15 heteroatoms. The van der Waals surface area contributed by atoms with Crippen LogP contribution in [0.25, 0.3) is 0 Å². The van der Waals surface area contributed by atoms with Crippen molar-refractivity contribution in [1.29, 1.82) is 0 Å². The minimum Gasteiger partial charge on any atom is -0.486 e. The summed E-state index contributed by atoms with van der Waals surface area (Å²) in [7, 11) is 0. The number of rotatable bonds is 9. The first-order valence-electron chi connectivity index (χ1n) is 13.1. The molecule has 0 saturated carbocycles. The number of carbonyl (C=O) groups excluding carboxylic acids is 3. The van der Waals surface area contributed by atoms with E-state index in [2.05, 4.69) is 26.1 Å². The Morgan fingerprint density at radius 2 is 1.74 bits per heavy atom. The van der Waals surface area contributed by atoms with Crippen LogP contribution >= 0.6 is 0 Å². The Morgan fingerprint density at radius 1 is 1.14 bits per heavy atom. The fourth-order valence-corrected chi connectivity index (χ4v) is 4.46. The van der Waals surface area contributed by atoms with E-state index < -0.39 is 65.6 Å². The number of hydrogen-bond acceptors (Lipinski definition) is 12. The molecule has 230 valence electrons. The third-order valence-electron chi connectivity index (χ3n) is 7.14. The van der Waals surface area contributed by atoms with Crippen molar-refractivity contribution in [3.05, 3.63) is 76.5 Å². The van der Waals surface area contributed by atoms with Crippen LogP contribution in [0.15, 0.2) is 60.8 Å². The first kappa shape index (κ1) is 31.5. The minimum atomic E-state index is -2.86. The quantitative estimate of drug-likeness (QED) is 0.114. The van der Waals surface area contributed by atoms with Gasteiger partial charge in [0.25, 0.3) is 5.69 Å². The van der Waals surface area contributed by atoms with Crippen molar-refractivity contribution >= 4 is 23.5 Å². The van der Waals surface area contributed by atoms with E-state index >= 15 is 0 Å². The molecule has 1 unspecified atom stereocenters. The molecule has 2 amide bonds. The first-order valence-corrected chi connectivity index (χ1v) is 13.1. The number of ketones is 1. The Bertz CT molecular complexity index is 1420. The van der Waals surface area contributed by atoms with Gasteiger partial charge in [0.15, 0.2) is 18.5 Å². The van der Waals surface area contributed by atoms with Crippen LogP contribution in [-0.4, -0.2) is 85.8 Å². The van der Waals surface area contributed by atoms with Gasteiger partial charge in [-0.2, -0.15) is 0 Å². The molecule has 0 aliphatic carbocycles. The van der Waals surface area contributed by atoms with Crippen molar-refractivity contribution in [3.63, 3.8) is 0 Å². The highest BCUT2D eigenvalue weighted by atomic mass is 16.6. The van der Waals surface area contributed by atoms with Gasteiger partial charge in [-0.15, -0.1) is 0 Å². The standard InChI is InChI=1S/C28H32N4O11/c1-26(2,3)16-4-8-18(9-5-16)41-15-20(34)27(29)12-13-31(25(37)30-27)23-22(35)28(38,21(14-33)43-23)24(36)42-19-10-6-17(7-11-19)32(39)40/h4-13,21-23,33,35,38H,14-15,29H2,1-3H3,(H,30,37)/t21-,22+,23-,27?,28-/m1/s1. The zero-order valence-corrected chi connectivity index (χ0v) is 23.5. The van der Waals surface area contributed by atoms with Gasteiger partial charge in [-0.25, -0.2) is 9.59 Å². The molecule has 2 aromatic rings. The molecule has 0 bridgehead atoms. The van der Waals surface area contributed by atoms with E-state index in [0.29, 0.717) is 5.75 Å². The van der Waals surface area contributed by atoms with E-state index in [-0.39, 0.29) is 16.9 Å². The van der Waals surface area contributed by atoms with Gasteiger partial charge in [0, 0.05) is 18.3 Å². The smallest absolute Gasteiger partial charge is 0.349 e. The highest BCUT2D eigenvalue weighted by molar-refractivity contribution is 5.96. The summed E-state index contributed by atoms with van der Waals surface area (Å²) in [5, 5.41) is 44.9. The van der Waals surface area contributed by atoms with Crippen molar-refractivity contribution in [2.24, 2.45) is 5.73 Å². The molecule has 0 radical (unpaired) electrons. The number of nitrogens with one attached hydrogen (secondary N) is 1. The molecule has 5 atom stereocenters. The van der Waals surface area contributed by atoms with Gasteiger partial charge in [0.05, 0.1) is 11.5 Å². The molecular weight excluding hydrogens is 568 g/mol. The number of benzene rings is 2. The molecule has 0 aromatic heterocycles. The number of nitro groups is 1. The Kier molecular flexibility index (Phi) is 8.58. The molecular formula is C28H32N4O11. The highest BCUT2D eigenvalue weighted by Gasteiger charge is 2.63. The normalized spacial score (nSPS) is 27.0. The summed E-state index contributed by atoms with van der Waals surface area (Å²) < 4.78 is 16.1. The van der Waals surface area contributed by atoms with Crippen molar-refractivity contribution < 1.29 is 48.8 Å². The lowest BCUT2D eigenvalue weighted by Gasteiger charge is -2.37. The Hall–Kier alpha value is -4.41. The lowest BCUT2D eigenvalue weighted by atomic mass is 9.87. The predicted octanol–water partition coefficient (Wildman–Crippen LogP) is 0.449. The molecule has 1 saturated heterocycles. The molecule has 2 aromatic carbocycles. The fourth-order valence-electron chi connectivity index (χ4n) is 4.46. The van der Waals surface area contributed by atoms with Gasteiger partial charge < -0.3 is 34.8 Å².